The molecule has 1 atom stereocenters. The van der Waals surface area contributed by atoms with Crippen LogP contribution in [-0.4, -0.2) is 15.4 Å². The zero-order valence-electron chi connectivity index (χ0n) is 17.9. The molecule has 0 aliphatic carbocycles. The number of non-ortho nitro benzene ring substituents is 1. The lowest BCUT2D eigenvalue weighted by molar-refractivity contribution is -0.383. The fourth-order valence-corrected chi connectivity index (χ4v) is 3.62. The molecule has 0 saturated heterocycles. The van der Waals surface area contributed by atoms with E-state index < -0.39 is 22.5 Å². The van der Waals surface area contributed by atoms with Crippen LogP contribution in [0.3, 0.4) is 0 Å². The van der Waals surface area contributed by atoms with E-state index in [1.807, 2.05) is 13.8 Å². The van der Waals surface area contributed by atoms with E-state index in [1.54, 1.807) is 30.5 Å². The number of benzene rings is 2. The molecule has 0 fully saturated rings. The Balaban J connectivity index is 0.000000194. The van der Waals surface area contributed by atoms with E-state index in [9.17, 15) is 24.5 Å². The third kappa shape index (κ3) is 4.59. The topological polar surface area (TPSA) is 164 Å². The summed E-state index contributed by atoms with van der Waals surface area (Å²) in [4.78, 5) is 45.2. The van der Waals surface area contributed by atoms with Gasteiger partial charge in [0.15, 0.2) is 0 Å². The maximum Gasteiger partial charge on any atom is 0.343 e. The van der Waals surface area contributed by atoms with Crippen molar-refractivity contribution >= 4 is 38.8 Å². The van der Waals surface area contributed by atoms with Gasteiger partial charge in [-0.2, -0.15) is 0 Å². The van der Waals surface area contributed by atoms with Gasteiger partial charge in [-0.3, -0.25) is 19.7 Å². The molecular weight excluding hydrogens is 428 g/mol. The van der Waals surface area contributed by atoms with E-state index in [2.05, 4.69) is 4.42 Å². The number of carbonyl (C=O) groups is 1. The van der Waals surface area contributed by atoms with Crippen molar-refractivity contribution in [3.05, 3.63) is 91.9 Å². The highest BCUT2D eigenvalue weighted by Gasteiger charge is 2.23. The van der Waals surface area contributed by atoms with Crippen molar-refractivity contribution in [2.24, 2.45) is 11.7 Å². The van der Waals surface area contributed by atoms with E-state index >= 15 is 0 Å². The lowest BCUT2D eigenvalue weighted by Crippen LogP contribution is -2.36. The maximum atomic E-state index is 12.4. The van der Waals surface area contributed by atoms with Crippen LogP contribution in [0.5, 0.6) is 0 Å². The van der Waals surface area contributed by atoms with E-state index in [0.29, 0.717) is 21.8 Å². The number of anilines is 1. The summed E-state index contributed by atoms with van der Waals surface area (Å²) in [5.74, 6) is -0.575. The number of rotatable bonds is 4. The Bertz CT molecular complexity index is 1470. The molecule has 0 saturated carbocycles. The summed E-state index contributed by atoms with van der Waals surface area (Å²) in [7, 11) is 0. The van der Waals surface area contributed by atoms with E-state index in [-0.39, 0.29) is 22.6 Å². The molecule has 0 radical (unpaired) electrons. The molecule has 0 unspecified atom stereocenters. The van der Waals surface area contributed by atoms with E-state index in [4.69, 9.17) is 11.5 Å². The van der Waals surface area contributed by atoms with Gasteiger partial charge in [0.25, 0.3) is 11.2 Å². The number of nitro benzene ring substituents is 1. The fourth-order valence-electron chi connectivity index (χ4n) is 3.62. The zero-order valence-corrected chi connectivity index (χ0v) is 17.9. The van der Waals surface area contributed by atoms with Gasteiger partial charge in [-0.15, -0.1) is 0 Å². The minimum Gasteiger partial charge on any atom is -0.431 e. The molecule has 10 nitrogen and oxygen atoms in total. The lowest BCUT2D eigenvalue weighted by atomic mass is 10.0. The zero-order chi connectivity index (χ0) is 24.3. The molecule has 4 aromatic rings. The van der Waals surface area contributed by atoms with Crippen molar-refractivity contribution in [3.8, 4) is 0 Å². The Kier molecular flexibility index (Phi) is 6.57. The standard InChI is InChI=1S/C14H17N3O2.C9H5NO4/c1-8(2)12(13(16)18)17-7-6-9-10(14(17)19)4-3-5-11(9)15;11-9-7-2-1-3-8(10(12)13)6(7)4-5-14-9/h3-8,12H,15H2,1-2H3,(H2,16,18);1-5H/t12-;/m1./s1. The van der Waals surface area contributed by atoms with Gasteiger partial charge in [0.2, 0.25) is 5.91 Å². The van der Waals surface area contributed by atoms with Gasteiger partial charge in [-0.1, -0.05) is 26.0 Å². The van der Waals surface area contributed by atoms with Crippen LogP contribution < -0.4 is 22.7 Å². The second-order valence-corrected chi connectivity index (χ2v) is 7.63. The third-order valence-electron chi connectivity index (χ3n) is 5.14. The van der Waals surface area contributed by atoms with Crippen LogP contribution in [0.25, 0.3) is 21.5 Å². The van der Waals surface area contributed by atoms with Gasteiger partial charge in [-0.05, 0) is 36.2 Å². The number of primary amides is 1. The Morgan fingerprint density at radius 1 is 1.00 bits per heavy atom. The smallest absolute Gasteiger partial charge is 0.343 e. The van der Waals surface area contributed by atoms with Gasteiger partial charge in [0, 0.05) is 28.7 Å². The van der Waals surface area contributed by atoms with Crippen molar-refractivity contribution in [1.82, 2.24) is 4.57 Å². The van der Waals surface area contributed by atoms with Crippen LogP contribution in [0.4, 0.5) is 11.4 Å². The number of carbonyl (C=O) groups excluding carboxylic acids is 1. The highest BCUT2D eigenvalue weighted by atomic mass is 16.6. The summed E-state index contributed by atoms with van der Waals surface area (Å²) in [6, 6.07) is 12.0. The summed E-state index contributed by atoms with van der Waals surface area (Å²) in [5.41, 5.74) is 10.9. The second-order valence-electron chi connectivity index (χ2n) is 7.63. The molecular formula is C23H22N4O6. The number of nitro groups is 1. The van der Waals surface area contributed by atoms with Crippen LogP contribution in [0.15, 0.2) is 75.0 Å². The molecule has 170 valence electrons. The second kappa shape index (κ2) is 9.35. The summed E-state index contributed by atoms with van der Waals surface area (Å²) >= 11 is 0. The van der Waals surface area contributed by atoms with Crippen LogP contribution in [0.2, 0.25) is 0 Å². The number of hydrogen-bond donors (Lipinski definition) is 2. The maximum absolute atomic E-state index is 12.4. The summed E-state index contributed by atoms with van der Waals surface area (Å²) in [6.07, 6.45) is 2.73. The van der Waals surface area contributed by atoms with E-state index in [1.165, 1.54) is 28.8 Å². The van der Waals surface area contributed by atoms with Crippen LogP contribution in [0, 0.1) is 16.0 Å². The monoisotopic (exact) mass is 450 g/mol. The predicted octanol–water partition coefficient (Wildman–Crippen LogP) is 2.97. The van der Waals surface area contributed by atoms with Crippen LogP contribution in [0.1, 0.15) is 19.9 Å². The number of fused-ring (bicyclic) bond motifs is 2. The number of nitrogens with two attached hydrogens (primary N) is 2. The average molecular weight is 450 g/mol. The molecule has 10 heteroatoms. The Hall–Kier alpha value is -4.47. The van der Waals surface area contributed by atoms with Gasteiger partial charge in [0.1, 0.15) is 6.04 Å². The number of pyridine rings is 1. The molecule has 2 aromatic carbocycles. The summed E-state index contributed by atoms with van der Waals surface area (Å²) in [6.45, 7) is 3.71. The van der Waals surface area contributed by atoms with Crippen LogP contribution in [-0.2, 0) is 4.79 Å². The molecule has 0 aliphatic heterocycles. The van der Waals surface area contributed by atoms with Gasteiger partial charge >= 0.3 is 5.63 Å². The normalized spacial score (nSPS) is 11.7. The predicted molar refractivity (Wildman–Crippen MR) is 125 cm³/mol. The number of aromatic nitrogens is 1. The lowest BCUT2D eigenvalue weighted by Gasteiger charge is -2.20. The highest BCUT2D eigenvalue weighted by molar-refractivity contribution is 5.92. The van der Waals surface area contributed by atoms with Crippen LogP contribution >= 0.6 is 0 Å². The molecule has 0 bridgehead atoms. The van der Waals surface area contributed by atoms with Gasteiger partial charge in [0.05, 0.1) is 22.0 Å². The molecule has 1 amide bonds. The van der Waals surface area contributed by atoms with Crippen molar-refractivity contribution in [2.75, 3.05) is 5.73 Å². The van der Waals surface area contributed by atoms with E-state index in [0.717, 1.165) is 6.26 Å². The van der Waals surface area contributed by atoms with Gasteiger partial charge in [-0.25, -0.2) is 4.79 Å². The first-order chi connectivity index (χ1) is 15.6. The molecule has 2 heterocycles. The first kappa shape index (κ1) is 23.2. The first-order valence-electron chi connectivity index (χ1n) is 9.97. The summed E-state index contributed by atoms with van der Waals surface area (Å²) in [5, 5.41) is 12.3. The summed E-state index contributed by atoms with van der Waals surface area (Å²) < 4.78 is 5.98. The number of nitrogen functional groups attached to an aromatic ring is 1. The van der Waals surface area contributed by atoms with Crippen molar-refractivity contribution in [2.45, 2.75) is 19.9 Å². The van der Waals surface area contributed by atoms with Gasteiger partial charge < -0.3 is 20.5 Å². The molecule has 4 rings (SSSR count). The molecule has 4 N–H and O–H groups in total. The van der Waals surface area contributed by atoms with Crippen molar-refractivity contribution in [3.63, 3.8) is 0 Å². The largest absolute Gasteiger partial charge is 0.431 e. The Morgan fingerprint density at radius 2 is 1.67 bits per heavy atom. The fraction of sp³-hybridized carbons (Fsp3) is 0.174. The SMILES string of the molecule is CC(C)[C@H](C(N)=O)n1ccc2c(N)cccc2c1=O.O=c1occc2c([N+](=O)[O-])cccc12. The average Bonchev–Trinajstić information content (AvgIpc) is 2.76. The minimum absolute atomic E-state index is 0.0614. The molecule has 0 spiro atoms. The van der Waals surface area contributed by atoms with Crippen molar-refractivity contribution in [1.29, 1.82) is 0 Å². The Morgan fingerprint density at radius 3 is 2.30 bits per heavy atom. The number of hydrogen-bond acceptors (Lipinski definition) is 7. The quantitative estimate of drug-likeness (QED) is 0.274. The molecule has 2 aromatic heterocycles. The third-order valence-corrected chi connectivity index (χ3v) is 5.14. The number of nitrogens with zero attached hydrogens (tertiary/aromatic N) is 2. The number of amides is 1. The Labute approximate surface area is 187 Å². The van der Waals surface area contributed by atoms with Crippen molar-refractivity contribution < 1.29 is 14.1 Å². The first-order valence-corrected chi connectivity index (χ1v) is 9.97. The minimum atomic E-state index is -0.654. The molecule has 33 heavy (non-hydrogen) atoms. The molecule has 0 aliphatic rings. The highest BCUT2D eigenvalue weighted by Crippen LogP contribution is 2.22.